The van der Waals surface area contributed by atoms with E-state index in [9.17, 15) is 4.79 Å². The molecule has 0 saturated heterocycles. The van der Waals surface area contributed by atoms with Crippen molar-refractivity contribution >= 4 is 11.5 Å². The van der Waals surface area contributed by atoms with E-state index in [2.05, 4.69) is 43.0 Å². The molecule has 1 saturated carbocycles. The number of hydrogen-bond acceptors (Lipinski definition) is 2. The lowest BCUT2D eigenvalue weighted by molar-refractivity contribution is -0.122. The van der Waals surface area contributed by atoms with E-state index in [-0.39, 0.29) is 0 Å². The van der Waals surface area contributed by atoms with Crippen LogP contribution in [0.2, 0.25) is 0 Å². The maximum atomic E-state index is 12.4. The van der Waals surface area contributed by atoms with Gasteiger partial charge in [-0.1, -0.05) is 31.4 Å². The van der Waals surface area contributed by atoms with E-state index in [4.69, 9.17) is 0 Å². The average Bonchev–Trinajstić information content (AvgIpc) is 2.45. The third-order valence-corrected chi connectivity index (χ3v) is 4.16. The molecule has 1 aliphatic carbocycles. The van der Waals surface area contributed by atoms with Gasteiger partial charge in [-0.15, -0.1) is 0 Å². The van der Waals surface area contributed by atoms with Crippen LogP contribution >= 0.6 is 0 Å². The van der Waals surface area contributed by atoms with Gasteiger partial charge >= 0.3 is 0 Å². The smallest absolute Gasteiger partial charge is 0.155 e. The van der Waals surface area contributed by atoms with Crippen molar-refractivity contribution in [3.8, 4) is 0 Å². The number of ketones is 1. The lowest BCUT2D eigenvalue weighted by Crippen LogP contribution is -2.34. The Balaban J connectivity index is 2.00. The van der Waals surface area contributed by atoms with Gasteiger partial charge in [-0.05, 0) is 44.4 Å². The molecule has 1 aliphatic rings. The Hall–Kier alpha value is -1.31. The fraction of sp³-hybridized carbons (Fsp3) is 0.588. The van der Waals surface area contributed by atoms with Crippen molar-refractivity contribution in [2.45, 2.75) is 46.0 Å². The lowest BCUT2D eigenvalue weighted by atomic mass is 9.86. The summed E-state index contributed by atoms with van der Waals surface area (Å²) in [6, 6.07) is 8.43. The summed E-state index contributed by atoms with van der Waals surface area (Å²) in [5, 5.41) is 0. The molecule has 0 aromatic heterocycles. The predicted octanol–water partition coefficient (Wildman–Crippen LogP) is 3.97. The summed E-state index contributed by atoms with van der Waals surface area (Å²) in [6.07, 6.45) is 5.97. The number of carbonyl (C=O) groups is 1. The van der Waals surface area contributed by atoms with Gasteiger partial charge in [-0.25, -0.2) is 0 Å². The van der Waals surface area contributed by atoms with Crippen molar-refractivity contribution < 1.29 is 4.79 Å². The number of likely N-dealkylation sites (N-methyl/N-ethyl adjacent to an activating group) is 1. The normalized spacial score (nSPS) is 16.3. The number of nitrogens with zero attached hydrogens (tertiary/aromatic N) is 1. The molecular weight excluding hydrogens is 234 g/mol. The second-order valence-electron chi connectivity index (χ2n) is 5.65. The zero-order chi connectivity index (χ0) is 13.7. The van der Waals surface area contributed by atoms with Crippen LogP contribution in [0, 0.1) is 12.8 Å². The first-order chi connectivity index (χ1) is 9.20. The molecule has 0 aliphatic heterocycles. The summed E-state index contributed by atoms with van der Waals surface area (Å²) >= 11 is 0. The highest BCUT2D eigenvalue weighted by molar-refractivity contribution is 5.85. The molecule has 0 N–H and O–H groups in total. The second-order valence-corrected chi connectivity index (χ2v) is 5.65. The van der Waals surface area contributed by atoms with Crippen LogP contribution in [0.25, 0.3) is 0 Å². The minimum atomic E-state index is 0.313. The van der Waals surface area contributed by atoms with Crippen molar-refractivity contribution in [1.29, 1.82) is 0 Å². The first-order valence-electron chi connectivity index (χ1n) is 7.55. The van der Waals surface area contributed by atoms with Crippen LogP contribution in [0.4, 0.5) is 5.69 Å². The molecule has 2 rings (SSSR count). The molecule has 0 unspecified atom stereocenters. The van der Waals surface area contributed by atoms with E-state index in [1.165, 1.54) is 30.5 Å². The number of aryl methyl sites for hydroxylation is 1. The van der Waals surface area contributed by atoms with E-state index in [0.717, 1.165) is 19.4 Å². The van der Waals surface area contributed by atoms with Gasteiger partial charge in [0.2, 0.25) is 0 Å². The van der Waals surface area contributed by atoms with Crippen LogP contribution in [0.5, 0.6) is 0 Å². The standard InChI is InChI=1S/C17H25NO/c1-3-18(16-11-7-8-14(2)12-16)13-17(19)15-9-5-4-6-10-15/h7-8,11-12,15H,3-6,9-10,13H2,1-2H3. The number of Topliss-reactive ketones (excluding diaryl/α,β-unsaturated/α-hetero) is 1. The van der Waals surface area contributed by atoms with Crippen LogP contribution in [0.15, 0.2) is 24.3 Å². The molecule has 0 spiro atoms. The van der Waals surface area contributed by atoms with Gasteiger partial charge < -0.3 is 4.90 Å². The summed E-state index contributed by atoms with van der Waals surface area (Å²) in [6.45, 7) is 5.68. The van der Waals surface area contributed by atoms with Crippen LogP contribution in [0.1, 0.15) is 44.6 Å². The Morgan fingerprint density at radius 3 is 2.63 bits per heavy atom. The molecule has 19 heavy (non-hydrogen) atoms. The number of carbonyl (C=O) groups excluding carboxylic acids is 1. The SMILES string of the molecule is CCN(CC(=O)C1CCCCC1)c1cccc(C)c1. The maximum Gasteiger partial charge on any atom is 0.155 e. The zero-order valence-electron chi connectivity index (χ0n) is 12.2. The number of rotatable bonds is 5. The molecule has 0 heterocycles. The van der Waals surface area contributed by atoms with E-state index in [1.807, 2.05) is 0 Å². The van der Waals surface area contributed by atoms with Crippen molar-refractivity contribution in [3.05, 3.63) is 29.8 Å². The van der Waals surface area contributed by atoms with E-state index in [1.54, 1.807) is 0 Å². The highest BCUT2D eigenvalue weighted by atomic mass is 16.1. The van der Waals surface area contributed by atoms with Crippen molar-refractivity contribution in [3.63, 3.8) is 0 Å². The fourth-order valence-electron chi connectivity index (χ4n) is 2.95. The highest BCUT2D eigenvalue weighted by Crippen LogP contribution is 2.25. The topological polar surface area (TPSA) is 20.3 Å². The monoisotopic (exact) mass is 259 g/mol. The molecule has 1 aromatic rings. The van der Waals surface area contributed by atoms with Gasteiger partial charge in [0.15, 0.2) is 5.78 Å². The minimum absolute atomic E-state index is 0.313. The van der Waals surface area contributed by atoms with Gasteiger partial charge in [0.25, 0.3) is 0 Å². The van der Waals surface area contributed by atoms with Gasteiger partial charge in [-0.3, -0.25) is 4.79 Å². The quantitative estimate of drug-likeness (QED) is 0.797. The lowest BCUT2D eigenvalue weighted by Gasteiger charge is -2.27. The Morgan fingerprint density at radius 1 is 1.26 bits per heavy atom. The number of hydrogen-bond donors (Lipinski definition) is 0. The Labute approximate surface area is 116 Å². The van der Waals surface area contributed by atoms with E-state index >= 15 is 0 Å². The van der Waals surface area contributed by atoms with Crippen molar-refractivity contribution in [1.82, 2.24) is 0 Å². The van der Waals surface area contributed by atoms with E-state index in [0.29, 0.717) is 18.2 Å². The molecule has 1 aromatic carbocycles. The van der Waals surface area contributed by atoms with Gasteiger partial charge in [0.05, 0.1) is 6.54 Å². The third kappa shape index (κ3) is 3.82. The van der Waals surface area contributed by atoms with Crippen molar-refractivity contribution in [2.24, 2.45) is 5.92 Å². The summed E-state index contributed by atoms with van der Waals surface area (Å²) in [5.74, 6) is 0.746. The first kappa shape index (κ1) is 14.1. The van der Waals surface area contributed by atoms with Gasteiger partial charge in [0.1, 0.15) is 0 Å². The minimum Gasteiger partial charge on any atom is -0.364 e. The summed E-state index contributed by atoms with van der Waals surface area (Å²) in [7, 11) is 0. The molecular formula is C17H25NO. The summed E-state index contributed by atoms with van der Waals surface area (Å²) < 4.78 is 0. The van der Waals surface area contributed by atoms with Crippen LogP contribution in [0.3, 0.4) is 0 Å². The first-order valence-corrected chi connectivity index (χ1v) is 7.55. The Kier molecular flexibility index (Phi) is 5.00. The largest absolute Gasteiger partial charge is 0.364 e. The number of benzene rings is 1. The van der Waals surface area contributed by atoms with Crippen LogP contribution in [-0.4, -0.2) is 18.9 Å². The van der Waals surface area contributed by atoms with Crippen LogP contribution < -0.4 is 4.90 Å². The average molecular weight is 259 g/mol. The van der Waals surface area contributed by atoms with Gasteiger partial charge in [-0.2, -0.15) is 0 Å². The summed E-state index contributed by atoms with van der Waals surface area (Å²) in [4.78, 5) is 14.6. The molecule has 2 nitrogen and oxygen atoms in total. The number of anilines is 1. The molecule has 0 bridgehead atoms. The predicted molar refractivity (Wildman–Crippen MR) is 80.6 cm³/mol. The Morgan fingerprint density at radius 2 is 2.00 bits per heavy atom. The van der Waals surface area contributed by atoms with Crippen LogP contribution in [-0.2, 0) is 4.79 Å². The zero-order valence-corrected chi connectivity index (χ0v) is 12.2. The van der Waals surface area contributed by atoms with Crippen molar-refractivity contribution in [2.75, 3.05) is 18.0 Å². The fourth-order valence-corrected chi connectivity index (χ4v) is 2.95. The maximum absolute atomic E-state index is 12.4. The molecule has 1 fully saturated rings. The highest BCUT2D eigenvalue weighted by Gasteiger charge is 2.22. The molecule has 104 valence electrons. The molecule has 2 heteroatoms. The summed E-state index contributed by atoms with van der Waals surface area (Å²) in [5.41, 5.74) is 2.42. The van der Waals surface area contributed by atoms with E-state index < -0.39 is 0 Å². The molecule has 0 radical (unpaired) electrons. The second kappa shape index (κ2) is 6.74. The molecule has 0 amide bonds. The molecule has 0 atom stereocenters. The Bertz CT molecular complexity index is 421. The van der Waals surface area contributed by atoms with Gasteiger partial charge in [0, 0.05) is 18.2 Å². The third-order valence-electron chi connectivity index (χ3n) is 4.16.